The van der Waals surface area contributed by atoms with Crippen LogP contribution in [0.4, 0.5) is 5.13 Å². The van der Waals surface area contributed by atoms with E-state index in [9.17, 15) is 0 Å². The number of hydrogen-bond acceptors (Lipinski definition) is 5. The standard InChI is InChI=1S/C7H13N3OS/c1-3-8-7-10-9-6(12-7)5-11-4-2/h3-5H2,1-2H3,(H,8,10). The lowest BCUT2D eigenvalue weighted by atomic mass is 10.7. The van der Waals surface area contributed by atoms with E-state index in [-0.39, 0.29) is 0 Å². The van der Waals surface area contributed by atoms with Crippen LogP contribution in [0.3, 0.4) is 0 Å². The predicted molar refractivity (Wildman–Crippen MR) is 49.4 cm³/mol. The minimum absolute atomic E-state index is 0.569. The summed E-state index contributed by atoms with van der Waals surface area (Å²) in [4.78, 5) is 0. The van der Waals surface area contributed by atoms with E-state index in [4.69, 9.17) is 4.74 Å². The third-order valence-corrected chi connectivity index (χ3v) is 2.08. The quantitative estimate of drug-likeness (QED) is 0.759. The smallest absolute Gasteiger partial charge is 0.205 e. The van der Waals surface area contributed by atoms with Crippen LogP contribution in [0.2, 0.25) is 0 Å². The molecule has 0 aliphatic rings. The molecule has 0 saturated heterocycles. The van der Waals surface area contributed by atoms with Crippen LogP contribution < -0.4 is 5.32 Å². The van der Waals surface area contributed by atoms with E-state index in [1.807, 2.05) is 13.8 Å². The van der Waals surface area contributed by atoms with Gasteiger partial charge in [-0.15, -0.1) is 10.2 Å². The molecule has 4 nitrogen and oxygen atoms in total. The molecule has 0 unspecified atom stereocenters. The van der Waals surface area contributed by atoms with Gasteiger partial charge < -0.3 is 10.1 Å². The van der Waals surface area contributed by atoms with E-state index >= 15 is 0 Å². The van der Waals surface area contributed by atoms with Gasteiger partial charge in [-0.1, -0.05) is 11.3 Å². The number of nitrogens with zero attached hydrogens (tertiary/aromatic N) is 2. The highest BCUT2D eigenvalue weighted by atomic mass is 32.1. The molecular formula is C7H13N3OS. The van der Waals surface area contributed by atoms with Gasteiger partial charge in [0.2, 0.25) is 5.13 Å². The average Bonchev–Trinajstić information content (AvgIpc) is 2.50. The molecule has 0 amide bonds. The molecule has 0 radical (unpaired) electrons. The molecule has 0 aliphatic carbocycles. The normalized spacial score (nSPS) is 10.2. The van der Waals surface area contributed by atoms with Crippen molar-refractivity contribution in [2.45, 2.75) is 20.5 Å². The second-order valence-corrected chi connectivity index (χ2v) is 3.23. The van der Waals surface area contributed by atoms with Gasteiger partial charge in [-0.05, 0) is 13.8 Å². The molecule has 0 aromatic carbocycles. The summed E-state index contributed by atoms with van der Waals surface area (Å²) in [5.41, 5.74) is 0. The van der Waals surface area contributed by atoms with E-state index in [0.29, 0.717) is 6.61 Å². The second-order valence-electron chi connectivity index (χ2n) is 2.17. The second kappa shape index (κ2) is 5.05. The Morgan fingerprint density at radius 3 is 2.92 bits per heavy atom. The maximum absolute atomic E-state index is 5.19. The number of ether oxygens (including phenoxy) is 1. The lowest BCUT2D eigenvalue weighted by Crippen LogP contribution is -1.94. The molecule has 5 heteroatoms. The monoisotopic (exact) mass is 187 g/mol. The molecule has 0 bridgehead atoms. The highest BCUT2D eigenvalue weighted by Gasteiger charge is 2.01. The first-order chi connectivity index (χ1) is 5.86. The fourth-order valence-electron chi connectivity index (χ4n) is 0.724. The Bertz CT molecular complexity index is 226. The molecule has 68 valence electrons. The molecule has 0 aliphatic heterocycles. The fourth-order valence-corrected chi connectivity index (χ4v) is 1.47. The van der Waals surface area contributed by atoms with Crippen molar-refractivity contribution >= 4 is 16.5 Å². The number of aromatic nitrogens is 2. The molecule has 1 heterocycles. The van der Waals surface area contributed by atoms with Crippen LogP contribution in [0.15, 0.2) is 0 Å². The zero-order valence-electron chi connectivity index (χ0n) is 7.33. The summed E-state index contributed by atoms with van der Waals surface area (Å²) in [5.74, 6) is 0. The summed E-state index contributed by atoms with van der Waals surface area (Å²) in [7, 11) is 0. The van der Waals surface area contributed by atoms with Crippen LogP contribution >= 0.6 is 11.3 Å². The van der Waals surface area contributed by atoms with Gasteiger partial charge in [0.15, 0.2) is 0 Å². The highest BCUT2D eigenvalue weighted by Crippen LogP contribution is 2.15. The van der Waals surface area contributed by atoms with Gasteiger partial charge in [0, 0.05) is 13.2 Å². The molecule has 0 spiro atoms. The number of rotatable bonds is 5. The van der Waals surface area contributed by atoms with Crippen molar-refractivity contribution in [3.05, 3.63) is 5.01 Å². The van der Waals surface area contributed by atoms with Crippen LogP contribution in [0, 0.1) is 0 Å². The summed E-state index contributed by atoms with van der Waals surface area (Å²) in [6, 6.07) is 0. The first kappa shape index (κ1) is 9.41. The lowest BCUT2D eigenvalue weighted by molar-refractivity contribution is 0.133. The molecule has 0 fully saturated rings. The third-order valence-electron chi connectivity index (χ3n) is 1.22. The lowest BCUT2D eigenvalue weighted by Gasteiger charge is -1.93. The van der Waals surface area contributed by atoms with Crippen molar-refractivity contribution in [2.24, 2.45) is 0 Å². The molecule has 12 heavy (non-hydrogen) atoms. The van der Waals surface area contributed by atoms with Gasteiger partial charge in [0.05, 0.1) is 0 Å². The van der Waals surface area contributed by atoms with Gasteiger partial charge in [-0.25, -0.2) is 0 Å². The minimum Gasteiger partial charge on any atom is -0.374 e. The van der Waals surface area contributed by atoms with Gasteiger partial charge in [-0.3, -0.25) is 0 Å². The highest BCUT2D eigenvalue weighted by molar-refractivity contribution is 7.15. The fraction of sp³-hybridized carbons (Fsp3) is 0.714. The van der Waals surface area contributed by atoms with Crippen molar-refractivity contribution in [2.75, 3.05) is 18.5 Å². The Hall–Kier alpha value is -0.680. The van der Waals surface area contributed by atoms with Crippen LogP contribution in [-0.4, -0.2) is 23.3 Å². The first-order valence-corrected chi connectivity index (χ1v) is 4.82. The summed E-state index contributed by atoms with van der Waals surface area (Å²) in [6.07, 6.45) is 0. The van der Waals surface area contributed by atoms with Gasteiger partial charge in [0.25, 0.3) is 0 Å². The maximum atomic E-state index is 5.19. The Morgan fingerprint density at radius 1 is 1.42 bits per heavy atom. The topological polar surface area (TPSA) is 47.0 Å². The summed E-state index contributed by atoms with van der Waals surface area (Å²) < 4.78 is 5.19. The van der Waals surface area contributed by atoms with Crippen molar-refractivity contribution in [1.29, 1.82) is 0 Å². The predicted octanol–water partition coefficient (Wildman–Crippen LogP) is 1.51. The molecule has 0 saturated carbocycles. The average molecular weight is 187 g/mol. The maximum Gasteiger partial charge on any atom is 0.205 e. The van der Waals surface area contributed by atoms with Gasteiger partial charge in [-0.2, -0.15) is 0 Å². The van der Waals surface area contributed by atoms with E-state index in [1.165, 1.54) is 11.3 Å². The van der Waals surface area contributed by atoms with Crippen molar-refractivity contribution in [1.82, 2.24) is 10.2 Å². The molecule has 1 aromatic rings. The van der Waals surface area contributed by atoms with Crippen molar-refractivity contribution in [3.63, 3.8) is 0 Å². The van der Waals surface area contributed by atoms with E-state index in [0.717, 1.165) is 23.3 Å². The van der Waals surface area contributed by atoms with E-state index in [1.54, 1.807) is 0 Å². The Morgan fingerprint density at radius 2 is 2.25 bits per heavy atom. The van der Waals surface area contributed by atoms with Crippen LogP contribution in [-0.2, 0) is 11.3 Å². The van der Waals surface area contributed by atoms with E-state index in [2.05, 4.69) is 15.5 Å². The Balaban J connectivity index is 2.41. The largest absolute Gasteiger partial charge is 0.374 e. The van der Waals surface area contributed by atoms with Crippen LogP contribution in [0.1, 0.15) is 18.9 Å². The van der Waals surface area contributed by atoms with Crippen LogP contribution in [0.25, 0.3) is 0 Å². The SMILES string of the molecule is CCNc1nnc(COCC)s1. The molecule has 1 aromatic heterocycles. The number of nitrogens with one attached hydrogen (secondary N) is 1. The van der Waals surface area contributed by atoms with Gasteiger partial charge >= 0.3 is 0 Å². The zero-order chi connectivity index (χ0) is 8.81. The number of anilines is 1. The van der Waals surface area contributed by atoms with E-state index < -0.39 is 0 Å². The van der Waals surface area contributed by atoms with Crippen LogP contribution in [0.5, 0.6) is 0 Å². The molecule has 1 N–H and O–H groups in total. The molecule has 0 atom stereocenters. The van der Waals surface area contributed by atoms with Gasteiger partial charge in [0.1, 0.15) is 11.6 Å². The molecule has 1 rings (SSSR count). The number of hydrogen-bond donors (Lipinski definition) is 1. The molecular weight excluding hydrogens is 174 g/mol. The summed E-state index contributed by atoms with van der Waals surface area (Å²) in [5, 5.41) is 12.8. The summed E-state index contributed by atoms with van der Waals surface area (Å²) >= 11 is 1.54. The Kier molecular flexibility index (Phi) is 3.96. The van der Waals surface area contributed by atoms with Crippen molar-refractivity contribution < 1.29 is 4.74 Å². The first-order valence-electron chi connectivity index (χ1n) is 4.00. The van der Waals surface area contributed by atoms with Crippen molar-refractivity contribution in [3.8, 4) is 0 Å². The Labute approximate surface area is 76.0 Å². The summed E-state index contributed by atoms with van der Waals surface area (Å²) in [6.45, 7) is 6.16. The third kappa shape index (κ3) is 2.75. The zero-order valence-corrected chi connectivity index (χ0v) is 8.15. The minimum atomic E-state index is 0.569.